The van der Waals surface area contributed by atoms with Crippen molar-refractivity contribution in [2.75, 3.05) is 12.4 Å². The van der Waals surface area contributed by atoms with Gasteiger partial charge in [-0.05, 0) is 69.7 Å². The van der Waals surface area contributed by atoms with Crippen LogP contribution in [0.3, 0.4) is 0 Å². The second-order valence-corrected chi connectivity index (χ2v) is 7.35. The summed E-state index contributed by atoms with van der Waals surface area (Å²) in [7, 11) is 1.61. The SMILES string of the molecule is CCCCCC(C)(OC)C(=O)Nc1ccc(OC2CCCC2)c(C)c1. The minimum Gasteiger partial charge on any atom is -0.490 e. The highest BCUT2D eigenvalue weighted by atomic mass is 16.5. The minimum atomic E-state index is -0.790. The molecule has 1 amide bonds. The molecule has 1 saturated carbocycles. The Morgan fingerprint density at radius 1 is 1.28 bits per heavy atom. The summed E-state index contributed by atoms with van der Waals surface area (Å²) in [5.41, 5.74) is 1.05. The second kappa shape index (κ2) is 9.23. The summed E-state index contributed by atoms with van der Waals surface area (Å²) in [6.07, 6.45) is 9.09. The van der Waals surface area contributed by atoms with Gasteiger partial charge in [0.05, 0.1) is 6.10 Å². The number of carbonyl (C=O) groups excluding carboxylic acids is 1. The topological polar surface area (TPSA) is 47.6 Å². The van der Waals surface area contributed by atoms with E-state index >= 15 is 0 Å². The van der Waals surface area contributed by atoms with Gasteiger partial charge in [-0.2, -0.15) is 0 Å². The number of hydrogen-bond donors (Lipinski definition) is 1. The van der Waals surface area contributed by atoms with Crippen LogP contribution in [0.1, 0.15) is 70.8 Å². The zero-order valence-electron chi connectivity index (χ0n) is 16.2. The average molecular weight is 347 g/mol. The highest BCUT2D eigenvalue weighted by Gasteiger charge is 2.32. The lowest BCUT2D eigenvalue weighted by Crippen LogP contribution is -2.42. The fourth-order valence-electron chi connectivity index (χ4n) is 3.33. The van der Waals surface area contributed by atoms with Crippen LogP contribution in [0.25, 0.3) is 0 Å². The molecule has 1 aromatic carbocycles. The van der Waals surface area contributed by atoms with E-state index in [0.717, 1.165) is 55.5 Å². The molecule has 1 unspecified atom stereocenters. The molecule has 25 heavy (non-hydrogen) atoms. The molecule has 1 aromatic rings. The van der Waals surface area contributed by atoms with Gasteiger partial charge >= 0.3 is 0 Å². The summed E-state index contributed by atoms with van der Waals surface area (Å²) in [6, 6.07) is 5.85. The van der Waals surface area contributed by atoms with Crippen LogP contribution < -0.4 is 10.1 Å². The molecule has 0 radical (unpaired) electrons. The number of methoxy groups -OCH3 is 1. The van der Waals surface area contributed by atoms with Crippen LogP contribution in [0.15, 0.2) is 18.2 Å². The molecule has 1 N–H and O–H groups in total. The Hall–Kier alpha value is -1.55. The quantitative estimate of drug-likeness (QED) is 0.621. The first-order valence-corrected chi connectivity index (χ1v) is 9.62. The Bertz CT molecular complexity index is 566. The van der Waals surface area contributed by atoms with Crippen LogP contribution in [0.4, 0.5) is 5.69 Å². The predicted octanol–water partition coefficient (Wildman–Crippen LogP) is 5.24. The smallest absolute Gasteiger partial charge is 0.256 e. The summed E-state index contributed by atoms with van der Waals surface area (Å²) in [5.74, 6) is 0.831. The van der Waals surface area contributed by atoms with Crippen LogP contribution in [-0.2, 0) is 9.53 Å². The van der Waals surface area contributed by atoms with Crippen LogP contribution in [0.2, 0.25) is 0 Å². The highest BCUT2D eigenvalue weighted by Crippen LogP contribution is 2.29. The van der Waals surface area contributed by atoms with E-state index in [1.165, 1.54) is 12.8 Å². The summed E-state index contributed by atoms with van der Waals surface area (Å²) < 4.78 is 11.6. The number of ether oxygens (including phenoxy) is 2. The van der Waals surface area contributed by atoms with Gasteiger partial charge in [0.2, 0.25) is 0 Å². The molecule has 4 heteroatoms. The van der Waals surface area contributed by atoms with E-state index < -0.39 is 5.60 Å². The fourth-order valence-corrected chi connectivity index (χ4v) is 3.33. The van der Waals surface area contributed by atoms with Gasteiger partial charge in [-0.25, -0.2) is 0 Å². The van der Waals surface area contributed by atoms with E-state index in [9.17, 15) is 4.79 Å². The molecule has 4 nitrogen and oxygen atoms in total. The third-order valence-corrected chi connectivity index (χ3v) is 5.22. The van der Waals surface area contributed by atoms with Crippen molar-refractivity contribution < 1.29 is 14.3 Å². The minimum absolute atomic E-state index is 0.0880. The van der Waals surface area contributed by atoms with E-state index in [1.807, 2.05) is 32.0 Å². The molecule has 1 fully saturated rings. The highest BCUT2D eigenvalue weighted by molar-refractivity contribution is 5.97. The van der Waals surface area contributed by atoms with Gasteiger partial charge < -0.3 is 14.8 Å². The van der Waals surface area contributed by atoms with Crippen LogP contribution >= 0.6 is 0 Å². The molecule has 0 bridgehead atoms. The fraction of sp³-hybridized carbons (Fsp3) is 0.667. The summed E-state index contributed by atoms with van der Waals surface area (Å²) in [5, 5.41) is 3.00. The van der Waals surface area contributed by atoms with Crippen molar-refractivity contribution in [3.63, 3.8) is 0 Å². The average Bonchev–Trinajstić information content (AvgIpc) is 3.10. The summed E-state index contributed by atoms with van der Waals surface area (Å²) in [6.45, 7) is 6.04. The third kappa shape index (κ3) is 5.46. The molecule has 1 aliphatic rings. The summed E-state index contributed by atoms with van der Waals surface area (Å²) in [4.78, 5) is 12.7. The number of anilines is 1. The number of nitrogens with one attached hydrogen (secondary N) is 1. The van der Waals surface area contributed by atoms with Crippen molar-refractivity contribution in [3.05, 3.63) is 23.8 Å². The summed E-state index contributed by atoms with van der Waals surface area (Å²) >= 11 is 0. The van der Waals surface area contributed by atoms with Gasteiger partial charge in [0.1, 0.15) is 11.4 Å². The molecule has 2 rings (SSSR count). The van der Waals surface area contributed by atoms with Crippen molar-refractivity contribution in [1.82, 2.24) is 0 Å². The van der Waals surface area contributed by atoms with Crippen molar-refractivity contribution >= 4 is 11.6 Å². The first-order chi connectivity index (χ1) is 12.0. The standard InChI is InChI=1S/C21H33NO3/c1-5-6-9-14-21(3,24-4)20(23)22-17-12-13-19(16(2)15-17)25-18-10-7-8-11-18/h12-13,15,18H,5-11,14H2,1-4H3,(H,22,23). The molecule has 0 aliphatic heterocycles. The normalized spacial score (nSPS) is 17.3. The Labute approximate surface area is 152 Å². The number of aryl methyl sites for hydroxylation is 1. The molecular weight excluding hydrogens is 314 g/mol. The Morgan fingerprint density at radius 2 is 2.00 bits per heavy atom. The molecule has 0 spiro atoms. The van der Waals surface area contributed by atoms with E-state index in [2.05, 4.69) is 12.2 Å². The zero-order valence-corrected chi connectivity index (χ0v) is 16.2. The van der Waals surface area contributed by atoms with Crippen molar-refractivity contribution in [2.24, 2.45) is 0 Å². The lowest BCUT2D eigenvalue weighted by molar-refractivity contribution is -0.136. The van der Waals surface area contributed by atoms with Gasteiger partial charge in [-0.15, -0.1) is 0 Å². The number of unbranched alkanes of at least 4 members (excludes halogenated alkanes) is 2. The van der Waals surface area contributed by atoms with E-state index in [4.69, 9.17) is 9.47 Å². The van der Waals surface area contributed by atoms with E-state index in [0.29, 0.717) is 6.10 Å². The van der Waals surface area contributed by atoms with Gasteiger partial charge in [0, 0.05) is 12.8 Å². The van der Waals surface area contributed by atoms with Crippen molar-refractivity contribution in [2.45, 2.75) is 83.8 Å². The van der Waals surface area contributed by atoms with Crippen LogP contribution in [-0.4, -0.2) is 24.7 Å². The zero-order chi connectivity index (χ0) is 18.3. The number of amides is 1. The number of rotatable bonds is 9. The van der Waals surface area contributed by atoms with E-state index in [1.54, 1.807) is 7.11 Å². The van der Waals surface area contributed by atoms with Crippen LogP contribution in [0, 0.1) is 6.92 Å². The second-order valence-electron chi connectivity index (χ2n) is 7.35. The first-order valence-electron chi connectivity index (χ1n) is 9.62. The number of hydrogen-bond acceptors (Lipinski definition) is 3. The molecule has 1 aliphatic carbocycles. The number of carbonyl (C=O) groups is 1. The van der Waals surface area contributed by atoms with Gasteiger partial charge in [0.25, 0.3) is 5.91 Å². The maximum atomic E-state index is 12.7. The van der Waals surface area contributed by atoms with Crippen molar-refractivity contribution in [1.29, 1.82) is 0 Å². The van der Waals surface area contributed by atoms with Gasteiger partial charge in [0.15, 0.2) is 0 Å². The van der Waals surface area contributed by atoms with Gasteiger partial charge in [-0.3, -0.25) is 4.79 Å². The first kappa shape index (κ1) is 19.8. The predicted molar refractivity (Wildman–Crippen MR) is 102 cm³/mol. The monoisotopic (exact) mass is 347 g/mol. The Morgan fingerprint density at radius 3 is 2.60 bits per heavy atom. The Balaban J connectivity index is 1.98. The lowest BCUT2D eigenvalue weighted by Gasteiger charge is -2.27. The molecular formula is C21H33NO3. The molecule has 0 aromatic heterocycles. The van der Waals surface area contributed by atoms with E-state index in [-0.39, 0.29) is 5.91 Å². The van der Waals surface area contributed by atoms with Crippen LogP contribution in [0.5, 0.6) is 5.75 Å². The molecule has 0 saturated heterocycles. The molecule has 0 heterocycles. The lowest BCUT2D eigenvalue weighted by atomic mass is 9.97. The third-order valence-electron chi connectivity index (χ3n) is 5.22. The maximum Gasteiger partial charge on any atom is 0.256 e. The largest absolute Gasteiger partial charge is 0.490 e. The number of benzene rings is 1. The maximum absolute atomic E-state index is 12.7. The van der Waals surface area contributed by atoms with Gasteiger partial charge in [-0.1, -0.05) is 26.2 Å². The molecule has 1 atom stereocenters. The Kier molecular flexibility index (Phi) is 7.30. The molecule has 140 valence electrons. The van der Waals surface area contributed by atoms with Crippen molar-refractivity contribution in [3.8, 4) is 5.75 Å².